The average molecular weight is 540 g/mol. The third-order valence-electron chi connectivity index (χ3n) is 5.76. The number of aryl methyl sites for hydroxylation is 1. The maximum Gasteiger partial charge on any atom is 0.243 e. The van der Waals surface area contributed by atoms with Crippen LogP contribution in [0.25, 0.3) is 17.1 Å². The van der Waals surface area contributed by atoms with Gasteiger partial charge in [-0.15, -0.1) is 10.2 Å². The van der Waals surface area contributed by atoms with Gasteiger partial charge in [0.15, 0.2) is 11.6 Å². The number of anilines is 1. The highest BCUT2D eigenvalue weighted by Gasteiger charge is 2.35. The van der Waals surface area contributed by atoms with Gasteiger partial charge in [0.2, 0.25) is 16.0 Å². The fraction of sp³-hybridized carbons (Fsp3) is 0.320. The number of rotatable bonds is 11. The Morgan fingerprint density at radius 1 is 1.00 bits per heavy atom. The Balaban J connectivity index is 1.83. The molecule has 4 aromatic rings. The average Bonchev–Trinajstić information content (AvgIpc) is 3.34. The molecule has 0 aliphatic carbocycles. The Morgan fingerprint density at radius 3 is 2.26 bits per heavy atom. The number of benzene rings is 1. The van der Waals surface area contributed by atoms with Gasteiger partial charge in [-0.05, 0) is 50.6 Å². The molecule has 0 spiro atoms. The van der Waals surface area contributed by atoms with Gasteiger partial charge in [0.1, 0.15) is 28.5 Å². The van der Waals surface area contributed by atoms with Crippen molar-refractivity contribution in [3.05, 3.63) is 66.5 Å². The third-order valence-corrected chi connectivity index (χ3v) is 7.45. The van der Waals surface area contributed by atoms with Gasteiger partial charge >= 0.3 is 0 Å². The van der Waals surface area contributed by atoms with Crippen molar-refractivity contribution in [2.75, 3.05) is 25.5 Å². The Morgan fingerprint density at radius 2 is 1.68 bits per heavy atom. The molecule has 0 aliphatic rings. The van der Waals surface area contributed by atoms with E-state index in [1.54, 1.807) is 62.0 Å². The van der Waals surface area contributed by atoms with Crippen molar-refractivity contribution in [2.45, 2.75) is 32.1 Å². The number of methoxy groups -OCH3 is 2. The third kappa shape index (κ3) is 5.43. The molecule has 13 heteroatoms. The molecule has 4 rings (SSSR count). The summed E-state index contributed by atoms with van der Waals surface area (Å²) in [6.45, 7) is 5.42. The van der Waals surface area contributed by atoms with Crippen molar-refractivity contribution in [2.24, 2.45) is 0 Å². The van der Waals surface area contributed by atoms with E-state index in [0.29, 0.717) is 28.6 Å². The number of para-hydroxylation sites is 1. The van der Waals surface area contributed by atoms with Crippen LogP contribution in [0.2, 0.25) is 0 Å². The molecule has 3 heterocycles. The molecule has 0 fully saturated rings. The first-order chi connectivity index (χ1) is 18.3. The molecule has 0 bridgehead atoms. The van der Waals surface area contributed by atoms with Gasteiger partial charge in [-0.3, -0.25) is 14.3 Å². The van der Waals surface area contributed by atoms with E-state index in [1.807, 2.05) is 6.92 Å². The molecule has 3 aromatic heterocycles. The van der Waals surface area contributed by atoms with Crippen LogP contribution in [-0.2, 0) is 14.8 Å². The summed E-state index contributed by atoms with van der Waals surface area (Å²) in [6.07, 6.45) is 5.54. The zero-order valence-corrected chi connectivity index (χ0v) is 22.5. The summed E-state index contributed by atoms with van der Waals surface area (Å²) in [7, 11) is -1.09. The number of nitrogens with one attached hydrogen (secondary N) is 1. The van der Waals surface area contributed by atoms with E-state index in [9.17, 15) is 8.42 Å². The van der Waals surface area contributed by atoms with Gasteiger partial charge in [0.25, 0.3) is 0 Å². The number of pyridine rings is 1. The van der Waals surface area contributed by atoms with Crippen molar-refractivity contribution in [3.8, 4) is 28.6 Å². The minimum absolute atomic E-state index is 0.0708. The van der Waals surface area contributed by atoms with Crippen molar-refractivity contribution >= 4 is 16.0 Å². The molecular weight excluding hydrogens is 510 g/mol. The van der Waals surface area contributed by atoms with Gasteiger partial charge in [0, 0.05) is 37.0 Å². The number of aromatic nitrogens is 6. The lowest BCUT2D eigenvalue weighted by molar-refractivity contribution is 0.0557. The lowest BCUT2D eigenvalue weighted by Crippen LogP contribution is -2.34. The molecule has 2 atom stereocenters. The first-order valence-corrected chi connectivity index (χ1v) is 13.3. The zero-order chi connectivity index (χ0) is 27.3. The van der Waals surface area contributed by atoms with Crippen molar-refractivity contribution in [1.29, 1.82) is 0 Å². The van der Waals surface area contributed by atoms with E-state index in [0.717, 1.165) is 5.56 Å². The largest absolute Gasteiger partial charge is 0.494 e. The summed E-state index contributed by atoms with van der Waals surface area (Å²) < 4.78 is 48.5. The van der Waals surface area contributed by atoms with Gasteiger partial charge in [-0.2, -0.15) is 0 Å². The zero-order valence-electron chi connectivity index (χ0n) is 21.7. The molecule has 0 amide bonds. The molecular formula is C25H29N7O5S. The molecule has 200 valence electrons. The van der Waals surface area contributed by atoms with Crippen LogP contribution in [0, 0.1) is 6.92 Å². The fourth-order valence-corrected chi connectivity index (χ4v) is 4.93. The van der Waals surface area contributed by atoms with Gasteiger partial charge in [-0.1, -0.05) is 6.07 Å². The molecule has 0 radical (unpaired) electrons. The van der Waals surface area contributed by atoms with E-state index < -0.39 is 21.4 Å². The van der Waals surface area contributed by atoms with Crippen molar-refractivity contribution in [3.63, 3.8) is 0 Å². The number of sulfonamides is 1. The predicted molar refractivity (Wildman–Crippen MR) is 141 cm³/mol. The number of ether oxygens (including phenoxy) is 3. The normalized spacial score (nSPS) is 13.1. The Kier molecular flexibility index (Phi) is 8.17. The van der Waals surface area contributed by atoms with Crippen LogP contribution in [0.1, 0.15) is 31.3 Å². The van der Waals surface area contributed by atoms with Gasteiger partial charge < -0.3 is 14.2 Å². The smallest absolute Gasteiger partial charge is 0.243 e. The highest BCUT2D eigenvalue weighted by atomic mass is 32.2. The maximum absolute atomic E-state index is 13.7. The highest BCUT2D eigenvalue weighted by Crippen LogP contribution is 2.38. The number of hydrogen-bond donors (Lipinski definition) is 1. The minimum atomic E-state index is -4.11. The Labute approximate surface area is 221 Å². The van der Waals surface area contributed by atoms with E-state index in [-0.39, 0.29) is 18.4 Å². The molecule has 0 saturated heterocycles. The van der Waals surface area contributed by atoms with Crippen LogP contribution in [0.4, 0.5) is 5.95 Å². The molecule has 0 unspecified atom stereocenters. The predicted octanol–water partition coefficient (Wildman–Crippen LogP) is 3.35. The van der Waals surface area contributed by atoms with Gasteiger partial charge in [0.05, 0.1) is 14.2 Å². The topological polar surface area (TPSA) is 143 Å². The number of nitrogens with zero attached hydrogens (tertiary/aromatic N) is 6. The second-order valence-electron chi connectivity index (χ2n) is 8.28. The first kappa shape index (κ1) is 26.9. The molecule has 38 heavy (non-hydrogen) atoms. The van der Waals surface area contributed by atoms with E-state index in [2.05, 4.69) is 29.9 Å². The van der Waals surface area contributed by atoms with Crippen LogP contribution in [0.3, 0.4) is 0 Å². The van der Waals surface area contributed by atoms with Crippen LogP contribution in [0.5, 0.6) is 11.5 Å². The fourth-order valence-electron chi connectivity index (χ4n) is 3.83. The molecule has 1 N–H and O–H groups in total. The minimum Gasteiger partial charge on any atom is -0.494 e. The first-order valence-electron chi connectivity index (χ1n) is 11.8. The quantitative estimate of drug-likeness (QED) is 0.301. The molecule has 12 nitrogen and oxygen atoms in total. The Hall–Kier alpha value is -4.10. The van der Waals surface area contributed by atoms with Crippen LogP contribution in [0.15, 0.2) is 55.1 Å². The van der Waals surface area contributed by atoms with Crippen molar-refractivity contribution < 1.29 is 22.6 Å². The summed E-state index contributed by atoms with van der Waals surface area (Å²) in [5.74, 6) is 1.36. The molecule has 0 aliphatic heterocycles. The van der Waals surface area contributed by atoms with E-state index in [1.165, 1.54) is 25.7 Å². The maximum atomic E-state index is 13.7. The van der Waals surface area contributed by atoms with Crippen LogP contribution >= 0.6 is 0 Å². The second-order valence-corrected chi connectivity index (χ2v) is 10.3. The molecule has 0 saturated carbocycles. The van der Waals surface area contributed by atoms with Crippen LogP contribution < -0.4 is 14.2 Å². The van der Waals surface area contributed by atoms with E-state index in [4.69, 9.17) is 14.2 Å². The monoisotopic (exact) mass is 539 g/mol. The number of hydrogen-bond acceptors (Lipinski definition) is 10. The summed E-state index contributed by atoms with van der Waals surface area (Å²) >= 11 is 0. The lowest BCUT2D eigenvalue weighted by atomic mass is 10.2. The Bertz CT molecular complexity index is 1460. The summed E-state index contributed by atoms with van der Waals surface area (Å²) in [4.78, 5) is 12.7. The highest BCUT2D eigenvalue weighted by molar-refractivity contribution is 7.93. The lowest BCUT2D eigenvalue weighted by Gasteiger charge is -2.23. The standard InChI is InChI=1S/C25H29N7O5S/c1-6-37-22(23-27-13-16(2)14-28-23)17(3)38(33,34)31-25-30-29-24(18-9-8-12-26-15-18)32(25)21-19(35-4)10-7-11-20(21)36-5/h7-15,17,22H,6H2,1-5H3,(H,30,31)/t17-,22-/m1/s1. The summed E-state index contributed by atoms with van der Waals surface area (Å²) in [5, 5.41) is 7.39. The van der Waals surface area contributed by atoms with Crippen molar-refractivity contribution in [1.82, 2.24) is 29.7 Å². The van der Waals surface area contributed by atoms with Gasteiger partial charge in [-0.25, -0.2) is 18.4 Å². The second kappa shape index (κ2) is 11.5. The molecule has 1 aromatic carbocycles. The summed E-state index contributed by atoms with van der Waals surface area (Å²) in [5.41, 5.74) is 1.86. The van der Waals surface area contributed by atoms with E-state index >= 15 is 0 Å². The SMILES string of the molecule is CCO[C@@H](c1ncc(C)cn1)[C@@H](C)S(=O)(=O)Nc1nnc(-c2cccnc2)n1-c1c(OC)cccc1OC. The summed E-state index contributed by atoms with van der Waals surface area (Å²) in [6, 6.07) is 8.75. The van der Waals surface area contributed by atoms with Crippen LogP contribution in [-0.4, -0.2) is 64.2 Å².